The molecule has 1 aliphatic heterocycles. The lowest BCUT2D eigenvalue weighted by atomic mass is 10.0. The third-order valence-corrected chi connectivity index (χ3v) is 6.69. The monoisotopic (exact) mass is 568 g/mol. The zero-order chi connectivity index (χ0) is 28.9. The maximum absolute atomic E-state index is 12.6. The smallest absolute Gasteiger partial charge is 0.406 e. The van der Waals surface area contributed by atoms with Crippen LogP contribution in [0.4, 0.5) is 30.5 Å². The van der Waals surface area contributed by atoms with E-state index in [9.17, 15) is 18.0 Å². The van der Waals surface area contributed by atoms with Crippen molar-refractivity contribution in [2.45, 2.75) is 33.1 Å². The van der Waals surface area contributed by atoms with Crippen molar-refractivity contribution < 1.29 is 22.7 Å². The lowest BCUT2D eigenvalue weighted by Crippen LogP contribution is -2.30. The number of amidine groups is 1. The minimum atomic E-state index is -4.75. The number of rotatable bonds is 8. The molecule has 0 atom stereocenters. The number of allylic oxidation sites excluding steroid dienone is 1. The number of carbonyl (C=O) groups excluding carboxylic acids is 1. The van der Waals surface area contributed by atoms with Crippen molar-refractivity contribution in [2.75, 3.05) is 22.6 Å². The molecule has 1 aliphatic rings. The van der Waals surface area contributed by atoms with Crippen LogP contribution in [-0.4, -0.2) is 46.4 Å². The van der Waals surface area contributed by atoms with Crippen LogP contribution in [0, 0.1) is 0 Å². The highest BCUT2D eigenvalue weighted by molar-refractivity contribution is 8.15. The molecule has 40 heavy (non-hydrogen) atoms. The molecule has 1 saturated heterocycles. The molecular weight excluding hydrogens is 541 g/mol. The van der Waals surface area contributed by atoms with Crippen LogP contribution in [0.15, 0.2) is 76.7 Å². The van der Waals surface area contributed by atoms with E-state index in [-0.39, 0.29) is 17.6 Å². The summed E-state index contributed by atoms with van der Waals surface area (Å²) in [7, 11) is 1.70. The van der Waals surface area contributed by atoms with Crippen molar-refractivity contribution in [1.29, 1.82) is 0 Å². The van der Waals surface area contributed by atoms with E-state index in [2.05, 4.69) is 38.8 Å². The summed E-state index contributed by atoms with van der Waals surface area (Å²) in [5.74, 6) is 0.575. The maximum Gasteiger partial charge on any atom is 0.573 e. The van der Waals surface area contributed by atoms with Gasteiger partial charge in [0.2, 0.25) is 11.9 Å². The molecule has 0 aliphatic carbocycles. The summed E-state index contributed by atoms with van der Waals surface area (Å²) in [6.45, 7) is 6.02. The van der Waals surface area contributed by atoms with Gasteiger partial charge >= 0.3 is 6.36 Å². The molecule has 2 aromatic carbocycles. The Morgan fingerprint density at radius 1 is 1.12 bits per heavy atom. The van der Waals surface area contributed by atoms with Crippen LogP contribution in [0.25, 0.3) is 6.08 Å². The summed E-state index contributed by atoms with van der Waals surface area (Å²) in [5.41, 5.74) is 3.99. The molecule has 0 unspecified atom stereocenters. The highest BCUT2D eigenvalue weighted by Gasteiger charge is 2.32. The van der Waals surface area contributed by atoms with Gasteiger partial charge in [-0.3, -0.25) is 9.69 Å². The van der Waals surface area contributed by atoms with E-state index in [1.54, 1.807) is 35.5 Å². The summed E-state index contributed by atoms with van der Waals surface area (Å²) in [4.78, 5) is 24.6. The molecule has 2 heterocycles. The Bertz CT molecular complexity index is 1440. The number of aromatic nitrogens is 2. The molecule has 1 fully saturated rings. The lowest BCUT2D eigenvalue weighted by molar-refractivity contribution is -0.274. The van der Waals surface area contributed by atoms with E-state index in [0.717, 1.165) is 22.4 Å². The van der Waals surface area contributed by atoms with E-state index in [1.165, 1.54) is 36.0 Å². The predicted molar refractivity (Wildman–Crippen MR) is 153 cm³/mol. The van der Waals surface area contributed by atoms with Gasteiger partial charge in [0.05, 0.1) is 17.7 Å². The molecule has 0 saturated carbocycles. The van der Waals surface area contributed by atoms with Gasteiger partial charge in [-0.2, -0.15) is 5.10 Å². The van der Waals surface area contributed by atoms with Gasteiger partial charge in [0.1, 0.15) is 5.75 Å². The Morgan fingerprint density at radius 3 is 2.45 bits per heavy atom. The molecule has 12 heteroatoms. The van der Waals surface area contributed by atoms with Crippen molar-refractivity contribution in [2.24, 2.45) is 10.2 Å². The molecule has 208 valence electrons. The molecule has 8 nitrogen and oxygen atoms in total. The fourth-order valence-electron chi connectivity index (χ4n) is 3.89. The lowest BCUT2D eigenvalue weighted by Gasteiger charge is -2.20. The number of carbonyl (C=O) groups is 1. The van der Waals surface area contributed by atoms with Gasteiger partial charge in [0.15, 0.2) is 5.17 Å². The van der Waals surface area contributed by atoms with Gasteiger partial charge in [0.25, 0.3) is 0 Å². The van der Waals surface area contributed by atoms with Crippen LogP contribution in [0.1, 0.15) is 37.8 Å². The number of hydrogen-bond donors (Lipinski definition) is 0. The Morgan fingerprint density at radius 2 is 1.80 bits per heavy atom. The average molecular weight is 569 g/mol. The third-order valence-electron chi connectivity index (χ3n) is 5.78. The third kappa shape index (κ3) is 7.26. The summed E-state index contributed by atoms with van der Waals surface area (Å²) >= 11 is 1.35. The van der Waals surface area contributed by atoms with Crippen LogP contribution in [-0.2, 0) is 4.79 Å². The summed E-state index contributed by atoms with van der Waals surface area (Å²) < 4.78 is 41.0. The molecule has 0 N–H and O–H groups in total. The Hall–Kier alpha value is -4.19. The van der Waals surface area contributed by atoms with Gasteiger partial charge < -0.3 is 9.64 Å². The second-order valence-electron chi connectivity index (χ2n) is 9.16. The molecule has 3 aromatic rings. The topological polar surface area (TPSA) is 83.3 Å². The highest BCUT2D eigenvalue weighted by atomic mass is 32.2. The Kier molecular flexibility index (Phi) is 8.88. The number of nitrogens with zero attached hydrogens (tertiary/aromatic N) is 6. The van der Waals surface area contributed by atoms with E-state index in [1.807, 2.05) is 37.3 Å². The molecule has 4 rings (SSSR count). The number of alkyl halides is 3. The van der Waals surface area contributed by atoms with Crippen LogP contribution in [0.5, 0.6) is 5.75 Å². The second-order valence-corrected chi connectivity index (χ2v) is 10.1. The van der Waals surface area contributed by atoms with Gasteiger partial charge in [0, 0.05) is 30.7 Å². The molecule has 0 spiro atoms. The van der Waals surface area contributed by atoms with Gasteiger partial charge in [-0.25, -0.2) is 9.97 Å². The first-order valence-electron chi connectivity index (χ1n) is 12.3. The number of halogens is 3. The fourth-order valence-corrected chi connectivity index (χ4v) is 4.70. The minimum Gasteiger partial charge on any atom is -0.406 e. The number of hydrogen-bond acceptors (Lipinski definition) is 8. The number of thioether (sulfide) groups is 1. The summed E-state index contributed by atoms with van der Waals surface area (Å²) in [5, 5.41) is 9.04. The van der Waals surface area contributed by atoms with E-state index < -0.39 is 6.36 Å². The van der Waals surface area contributed by atoms with Crippen LogP contribution >= 0.6 is 11.8 Å². The Labute approximate surface area is 234 Å². The van der Waals surface area contributed by atoms with Crippen molar-refractivity contribution in [1.82, 2.24) is 9.97 Å². The molecule has 1 amide bonds. The molecule has 0 bridgehead atoms. The number of benzene rings is 2. The number of para-hydroxylation sites is 1. The van der Waals surface area contributed by atoms with Crippen LogP contribution in [0.3, 0.4) is 0 Å². The van der Waals surface area contributed by atoms with Crippen molar-refractivity contribution in [3.63, 3.8) is 0 Å². The van der Waals surface area contributed by atoms with Crippen LogP contribution < -0.4 is 14.5 Å². The van der Waals surface area contributed by atoms with Crippen LogP contribution in [0.2, 0.25) is 0 Å². The van der Waals surface area contributed by atoms with Gasteiger partial charge in [-0.1, -0.05) is 43.8 Å². The first kappa shape index (κ1) is 28.8. The van der Waals surface area contributed by atoms with Crippen molar-refractivity contribution >= 4 is 52.5 Å². The van der Waals surface area contributed by atoms with Gasteiger partial charge in [-0.05, 0) is 60.4 Å². The first-order valence-corrected chi connectivity index (χ1v) is 13.3. The largest absolute Gasteiger partial charge is 0.573 e. The van der Waals surface area contributed by atoms with Crippen molar-refractivity contribution in [3.05, 3.63) is 77.6 Å². The molecular formula is C28H27F3N6O2S. The molecule has 1 aromatic heterocycles. The number of anilines is 3. The summed E-state index contributed by atoms with van der Waals surface area (Å²) in [6, 6.07) is 13.2. The Balaban J connectivity index is 1.43. The quantitative estimate of drug-likeness (QED) is 0.220. The SMILES string of the molecule is CC(/C=N\N=C1/SCC(=O)N1c1ccccc1C(C)C)=C\c1cnc(N(C)c2ccc(OC(F)(F)F)cc2)nc1. The maximum atomic E-state index is 12.6. The van der Waals surface area contributed by atoms with Gasteiger partial charge in [-0.15, -0.1) is 18.3 Å². The van der Waals surface area contributed by atoms with E-state index >= 15 is 0 Å². The predicted octanol–water partition coefficient (Wildman–Crippen LogP) is 6.79. The fraction of sp³-hybridized carbons (Fsp3) is 0.250. The van der Waals surface area contributed by atoms with E-state index in [4.69, 9.17) is 0 Å². The zero-order valence-electron chi connectivity index (χ0n) is 22.3. The highest BCUT2D eigenvalue weighted by Crippen LogP contribution is 2.33. The average Bonchev–Trinajstić information content (AvgIpc) is 3.28. The number of ether oxygens (including phenoxy) is 1. The standard InChI is InChI=1S/C28H27F3N6O2S/c1-18(2)23-7-5-6-8-24(23)37-25(38)17-40-27(37)35-34-14-19(3)13-20-15-32-26(33-16-20)36(4)21-9-11-22(12-10-21)39-28(29,30)31/h5-16,18H,17H2,1-4H3/b19-13+,34-14-,35-27-. The zero-order valence-corrected chi connectivity index (χ0v) is 23.1. The normalized spacial score (nSPS) is 15.5. The summed E-state index contributed by atoms with van der Waals surface area (Å²) in [6.07, 6.45) is 1.92. The second kappa shape index (κ2) is 12.3. The van der Waals surface area contributed by atoms with Crippen molar-refractivity contribution in [3.8, 4) is 5.75 Å². The number of amides is 1. The minimum absolute atomic E-state index is 0.0351. The van der Waals surface area contributed by atoms with E-state index in [0.29, 0.717) is 22.6 Å². The first-order chi connectivity index (χ1) is 19.0. The molecule has 0 radical (unpaired) electrons.